The van der Waals surface area contributed by atoms with Crippen LogP contribution < -0.4 is 10.2 Å². The normalized spacial score (nSPS) is 15.0. The van der Waals surface area contributed by atoms with Crippen molar-refractivity contribution in [3.63, 3.8) is 0 Å². The standard InChI is InChI=1S/C18H29N3/c1-6-10-21(16-8-9-16)17-12-14(11-15(7-2)20-17)13-19-18(3,4)5/h6,11-12,16,19H,1,7-10,13H2,2-5H3. The first-order valence-corrected chi connectivity index (χ1v) is 8.05. The van der Waals surface area contributed by atoms with Crippen LogP contribution in [0.15, 0.2) is 24.8 Å². The Kier molecular flexibility index (Phi) is 5.04. The second-order valence-corrected chi connectivity index (χ2v) is 6.95. The van der Waals surface area contributed by atoms with Crippen LogP contribution in [0.1, 0.15) is 51.8 Å². The van der Waals surface area contributed by atoms with Crippen molar-refractivity contribution in [2.75, 3.05) is 11.4 Å². The number of hydrogen-bond donors (Lipinski definition) is 1. The molecule has 0 radical (unpaired) electrons. The third-order valence-electron chi connectivity index (χ3n) is 3.72. The highest BCUT2D eigenvalue weighted by Crippen LogP contribution is 2.31. The predicted molar refractivity (Wildman–Crippen MR) is 90.8 cm³/mol. The van der Waals surface area contributed by atoms with Crippen molar-refractivity contribution in [1.82, 2.24) is 10.3 Å². The average Bonchev–Trinajstić information content (AvgIpc) is 3.26. The maximum absolute atomic E-state index is 4.83. The van der Waals surface area contributed by atoms with Gasteiger partial charge in [-0.15, -0.1) is 6.58 Å². The van der Waals surface area contributed by atoms with Crippen molar-refractivity contribution in [1.29, 1.82) is 0 Å². The van der Waals surface area contributed by atoms with Gasteiger partial charge in [-0.2, -0.15) is 0 Å². The highest BCUT2D eigenvalue weighted by molar-refractivity contribution is 5.46. The first-order valence-electron chi connectivity index (χ1n) is 8.05. The molecule has 1 aromatic rings. The number of hydrogen-bond acceptors (Lipinski definition) is 3. The van der Waals surface area contributed by atoms with Crippen LogP contribution in [-0.2, 0) is 13.0 Å². The Morgan fingerprint density at radius 3 is 2.62 bits per heavy atom. The molecular weight excluding hydrogens is 258 g/mol. The minimum absolute atomic E-state index is 0.132. The lowest BCUT2D eigenvalue weighted by atomic mass is 10.1. The van der Waals surface area contributed by atoms with Crippen molar-refractivity contribution in [2.24, 2.45) is 0 Å². The smallest absolute Gasteiger partial charge is 0.129 e. The van der Waals surface area contributed by atoms with Crippen LogP contribution in [0.3, 0.4) is 0 Å². The monoisotopic (exact) mass is 287 g/mol. The fourth-order valence-corrected chi connectivity index (χ4v) is 2.39. The van der Waals surface area contributed by atoms with E-state index in [-0.39, 0.29) is 5.54 Å². The van der Waals surface area contributed by atoms with Crippen molar-refractivity contribution in [2.45, 2.75) is 65.1 Å². The zero-order chi connectivity index (χ0) is 15.5. The number of nitrogens with zero attached hydrogens (tertiary/aromatic N) is 2. The molecule has 2 rings (SSSR count). The molecule has 0 aliphatic heterocycles. The van der Waals surface area contributed by atoms with Crippen LogP contribution in [0, 0.1) is 0 Å². The summed E-state index contributed by atoms with van der Waals surface area (Å²) in [5, 5.41) is 3.57. The fourth-order valence-electron chi connectivity index (χ4n) is 2.39. The molecule has 21 heavy (non-hydrogen) atoms. The van der Waals surface area contributed by atoms with Gasteiger partial charge in [0.1, 0.15) is 5.82 Å². The number of nitrogens with one attached hydrogen (secondary N) is 1. The molecule has 0 saturated heterocycles. The Bertz CT molecular complexity index is 484. The van der Waals surface area contributed by atoms with Gasteiger partial charge in [-0.3, -0.25) is 0 Å². The van der Waals surface area contributed by atoms with E-state index in [1.54, 1.807) is 0 Å². The summed E-state index contributed by atoms with van der Waals surface area (Å²) in [4.78, 5) is 7.22. The van der Waals surface area contributed by atoms with Crippen molar-refractivity contribution in [3.8, 4) is 0 Å². The van der Waals surface area contributed by atoms with E-state index >= 15 is 0 Å². The number of anilines is 1. The molecular formula is C18H29N3. The van der Waals surface area contributed by atoms with E-state index in [1.807, 2.05) is 6.08 Å². The minimum atomic E-state index is 0.132. The summed E-state index contributed by atoms with van der Waals surface area (Å²) >= 11 is 0. The highest BCUT2D eigenvalue weighted by atomic mass is 15.2. The lowest BCUT2D eigenvalue weighted by Crippen LogP contribution is -2.35. The largest absolute Gasteiger partial charge is 0.350 e. The van der Waals surface area contributed by atoms with Crippen molar-refractivity contribution in [3.05, 3.63) is 36.0 Å². The first-order chi connectivity index (χ1) is 9.93. The Hall–Kier alpha value is -1.35. The van der Waals surface area contributed by atoms with E-state index in [1.165, 1.54) is 24.1 Å². The molecule has 0 atom stereocenters. The van der Waals surface area contributed by atoms with Gasteiger partial charge in [0.2, 0.25) is 0 Å². The van der Waals surface area contributed by atoms with Crippen LogP contribution >= 0.6 is 0 Å². The molecule has 1 aliphatic carbocycles. The van der Waals surface area contributed by atoms with Crippen molar-refractivity contribution < 1.29 is 0 Å². The second-order valence-electron chi connectivity index (χ2n) is 6.95. The molecule has 1 aromatic heterocycles. The molecule has 0 bridgehead atoms. The van der Waals surface area contributed by atoms with Gasteiger partial charge in [0.05, 0.1) is 0 Å². The molecule has 3 heteroatoms. The lowest BCUT2D eigenvalue weighted by molar-refractivity contribution is 0.424. The highest BCUT2D eigenvalue weighted by Gasteiger charge is 2.29. The molecule has 0 spiro atoms. The molecule has 1 N–H and O–H groups in total. The zero-order valence-corrected chi connectivity index (χ0v) is 13.9. The van der Waals surface area contributed by atoms with Gasteiger partial charge in [0, 0.05) is 30.4 Å². The lowest BCUT2D eigenvalue weighted by Gasteiger charge is -2.24. The molecule has 1 heterocycles. The van der Waals surface area contributed by atoms with Gasteiger partial charge in [-0.25, -0.2) is 4.98 Å². The summed E-state index contributed by atoms with van der Waals surface area (Å²) in [7, 11) is 0. The van der Waals surface area contributed by atoms with E-state index < -0.39 is 0 Å². The minimum Gasteiger partial charge on any atom is -0.350 e. The van der Waals surface area contributed by atoms with Gasteiger partial charge in [-0.05, 0) is 57.7 Å². The van der Waals surface area contributed by atoms with E-state index in [2.05, 4.69) is 56.6 Å². The first kappa shape index (κ1) is 16.0. The van der Waals surface area contributed by atoms with Crippen LogP contribution in [0.2, 0.25) is 0 Å². The summed E-state index contributed by atoms with van der Waals surface area (Å²) in [6, 6.07) is 5.12. The van der Waals surface area contributed by atoms with Crippen LogP contribution in [0.25, 0.3) is 0 Å². The second kappa shape index (κ2) is 6.61. The topological polar surface area (TPSA) is 28.2 Å². The molecule has 0 unspecified atom stereocenters. The van der Waals surface area contributed by atoms with Gasteiger partial charge in [0.25, 0.3) is 0 Å². The summed E-state index contributed by atoms with van der Waals surface area (Å²) < 4.78 is 0. The Balaban J connectivity index is 2.21. The van der Waals surface area contributed by atoms with E-state index in [0.29, 0.717) is 6.04 Å². The molecule has 116 valence electrons. The third-order valence-corrected chi connectivity index (χ3v) is 3.72. The summed E-state index contributed by atoms with van der Waals surface area (Å²) in [5.74, 6) is 1.11. The third kappa shape index (κ3) is 4.85. The summed E-state index contributed by atoms with van der Waals surface area (Å²) in [6.45, 7) is 14.4. The molecule has 3 nitrogen and oxygen atoms in total. The molecule has 0 aromatic carbocycles. The van der Waals surface area contributed by atoms with Gasteiger partial charge in [0.15, 0.2) is 0 Å². The summed E-state index contributed by atoms with van der Waals surface area (Å²) in [5.41, 5.74) is 2.63. The number of aromatic nitrogens is 1. The molecule has 1 saturated carbocycles. The Morgan fingerprint density at radius 2 is 2.10 bits per heavy atom. The number of pyridine rings is 1. The van der Waals surface area contributed by atoms with Gasteiger partial charge < -0.3 is 10.2 Å². The Labute approximate surface area is 129 Å². The maximum Gasteiger partial charge on any atom is 0.129 e. The SMILES string of the molecule is C=CCN(c1cc(CNC(C)(C)C)cc(CC)n1)C1CC1. The fraction of sp³-hybridized carbons (Fsp3) is 0.611. The van der Waals surface area contributed by atoms with E-state index in [4.69, 9.17) is 4.98 Å². The molecule has 0 amide bonds. The quantitative estimate of drug-likeness (QED) is 0.775. The van der Waals surface area contributed by atoms with Crippen LogP contribution in [-0.4, -0.2) is 23.1 Å². The zero-order valence-electron chi connectivity index (χ0n) is 13.9. The maximum atomic E-state index is 4.83. The van der Waals surface area contributed by atoms with E-state index in [0.717, 1.165) is 25.3 Å². The van der Waals surface area contributed by atoms with E-state index in [9.17, 15) is 0 Å². The molecule has 1 fully saturated rings. The Morgan fingerprint density at radius 1 is 1.38 bits per heavy atom. The summed E-state index contributed by atoms with van der Waals surface area (Å²) in [6.07, 6.45) is 5.51. The van der Waals surface area contributed by atoms with Crippen LogP contribution in [0.5, 0.6) is 0 Å². The number of rotatable bonds is 7. The predicted octanol–water partition coefficient (Wildman–Crippen LogP) is 3.69. The number of aryl methyl sites for hydroxylation is 1. The average molecular weight is 287 g/mol. The van der Waals surface area contributed by atoms with Crippen LogP contribution in [0.4, 0.5) is 5.82 Å². The molecule has 1 aliphatic rings. The van der Waals surface area contributed by atoms with Gasteiger partial charge >= 0.3 is 0 Å². The van der Waals surface area contributed by atoms with Crippen molar-refractivity contribution >= 4 is 5.82 Å². The van der Waals surface area contributed by atoms with Gasteiger partial charge in [-0.1, -0.05) is 13.0 Å².